The predicted molar refractivity (Wildman–Crippen MR) is 123 cm³/mol. The molecule has 2 atom stereocenters. The molecule has 3 aromatic rings. The molecule has 1 aliphatic heterocycles. The first kappa shape index (κ1) is 21.2. The third kappa shape index (κ3) is 4.69. The number of amides is 2. The van der Waals surface area contributed by atoms with Crippen molar-refractivity contribution in [3.63, 3.8) is 0 Å². The van der Waals surface area contributed by atoms with Crippen LogP contribution in [0.1, 0.15) is 56.7 Å². The van der Waals surface area contributed by atoms with E-state index in [0.717, 1.165) is 22.5 Å². The van der Waals surface area contributed by atoms with E-state index in [1.807, 2.05) is 48.2 Å². The third-order valence-corrected chi connectivity index (χ3v) is 6.84. The van der Waals surface area contributed by atoms with Crippen molar-refractivity contribution in [3.8, 4) is 0 Å². The number of nitrogens with one attached hydrogen (secondary N) is 1. The zero-order chi connectivity index (χ0) is 22.0. The van der Waals surface area contributed by atoms with Crippen LogP contribution in [0.15, 0.2) is 65.3 Å². The first-order valence-electron chi connectivity index (χ1n) is 10.3. The highest BCUT2D eigenvalue weighted by molar-refractivity contribution is 8.00. The van der Waals surface area contributed by atoms with Gasteiger partial charge in [0.25, 0.3) is 5.91 Å². The van der Waals surface area contributed by atoms with Gasteiger partial charge in [-0.25, -0.2) is 0 Å². The van der Waals surface area contributed by atoms with Crippen molar-refractivity contribution in [1.29, 1.82) is 0 Å². The van der Waals surface area contributed by atoms with Crippen molar-refractivity contribution in [1.82, 2.24) is 10.2 Å². The van der Waals surface area contributed by atoms with Gasteiger partial charge in [0, 0.05) is 5.56 Å². The number of aryl methyl sites for hydroxylation is 2. The van der Waals surface area contributed by atoms with Crippen LogP contribution in [-0.4, -0.2) is 22.5 Å². The SMILES string of the molecule is Cc1ccc(C)c([C@@H](C)NC(=O)c2ccc([C@H]3SCC(=O)N3Cc3ccco3)cc2)c1. The van der Waals surface area contributed by atoms with Crippen LogP contribution < -0.4 is 5.32 Å². The molecule has 1 fully saturated rings. The van der Waals surface area contributed by atoms with E-state index < -0.39 is 0 Å². The molecule has 160 valence electrons. The van der Waals surface area contributed by atoms with Crippen molar-refractivity contribution in [3.05, 3.63) is 94.4 Å². The Morgan fingerprint density at radius 3 is 2.68 bits per heavy atom. The molecule has 0 aliphatic carbocycles. The quantitative estimate of drug-likeness (QED) is 0.582. The highest BCUT2D eigenvalue weighted by Gasteiger charge is 2.33. The number of rotatable bonds is 6. The lowest BCUT2D eigenvalue weighted by Gasteiger charge is -2.23. The maximum Gasteiger partial charge on any atom is 0.251 e. The summed E-state index contributed by atoms with van der Waals surface area (Å²) in [7, 11) is 0. The molecule has 6 heteroatoms. The maximum atomic E-state index is 12.8. The summed E-state index contributed by atoms with van der Waals surface area (Å²) >= 11 is 1.59. The summed E-state index contributed by atoms with van der Waals surface area (Å²) in [4.78, 5) is 27.0. The molecule has 2 aromatic carbocycles. The molecular weight excluding hydrogens is 408 g/mol. The van der Waals surface area contributed by atoms with Crippen molar-refractivity contribution < 1.29 is 14.0 Å². The molecule has 0 bridgehead atoms. The van der Waals surface area contributed by atoms with Crippen molar-refractivity contribution in [2.75, 3.05) is 5.75 Å². The van der Waals surface area contributed by atoms with E-state index >= 15 is 0 Å². The Morgan fingerprint density at radius 1 is 1.19 bits per heavy atom. The van der Waals surface area contributed by atoms with Crippen LogP contribution >= 0.6 is 11.8 Å². The summed E-state index contributed by atoms with van der Waals surface area (Å²) < 4.78 is 5.41. The molecule has 1 aliphatic rings. The van der Waals surface area contributed by atoms with Crippen molar-refractivity contribution >= 4 is 23.6 Å². The molecule has 0 saturated carbocycles. The fourth-order valence-electron chi connectivity index (χ4n) is 3.85. The summed E-state index contributed by atoms with van der Waals surface area (Å²) in [6.07, 6.45) is 1.62. The summed E-state index contributed by atoms with van der Waals surface area (Å²) in [6.45, 7) is 6.55. The van der Waals surface area contributed by atoms with Gasteiger partial charge in [-0.05, 0) is 61.7 Å². The largest absolute Gasteiger partial charge is 0.467 e. The second kappa shape index (κ2) is 9.02. The number of hydrogen-bond acceptors (Lipinski definition) is 4. The molecule has 0 unspecified atom stereocenters. The molecule has 2 amide bonds. The summed E-state index contributed by atoms with van der Waals surface area (Å²) in [5.41, 5.74) is 5.07. The van der Waals surface area contributed by atoms with Gasteiger partial charge >= 0.3 is 0 Å². The van der Waals surface area contributed by atoms with Crippen molar-refractivity contribution in [2.24, 2.45) is 0 Å². The lowest BCUT2D eigenvalue weighted by molar-refractivity contribution is -0.128. The van der Waals surface area contributed by atoms with E-state index in [1.165, 1.54) is 5.56 Å². The molecule has 1 saturated heterocycles. The van der Waals surface area contributed by atoms with Gasteiger partial charge < -0.3 is 14.6 Å². The average molecular weight is 435 g/mol. The topological polar surface area (TPSA) is 62.6 Å². The Kier molecular flexibility index (Phi) is 6.18. The van der Waals surface area contributed by atoms with Gasteiger partial charge in [0.05, 0.1) is 24.6 Å². The fraction of sp³-hybridized carbons (Fsp3) is 0.280. The zero-order valence-electron chi connectivity index (χ0n) is 17.9. The average Bonchev–Trinajstić information content (AvgIpc) is 3.40. The number of carbonyl (C=O) groups excluding carboxylic acids is 2. The third-order valence-electron chi connectivity index (χ3n) is 5.58. The van der Waals surface area contributed by atoms with E-state index in [9.17, 15) is 9.59 Å². The fourth-order valence-corrected chi connectivity index (χ4v) is 5.04. The van der Waals surface area contributed by atoms with Crippen LogP contribution in [-0.2, 0) is 11.3 Å². The summed E-state index contributed by atoms with van der Waals surface area (Å²) in [6, 6.07) is 17.4. The Hall–Kier alpha value is -2.99. The lowest BCUT2D eigenvalue weighted by atomic mass is 9.99. The number of benzene rings is 2. The van der Waals surface area contributed by atoms with Gasteiger partial charge in [-0.3, -0.25) is 9.59 Å². The van der Waals surface area contributed by atoms with Crippen LogP contribution in [0.25, 0.3) is 0 Å². The van der Waals surface area contributed by atoms with Gasteiger partial charge in [0.1, 0.15) is 11.1 Å². The van der Waals surface area contributed by atoms with Gasteiger partial charge in [0.2, 0.25) is 5.91 Å². The molecule has 31 heavy (non-hydrogen) atoms. The van der Waals surface area contributed by atoms with Crippen LogP contribution in [0, 0.1) is 13.8 Å². The Labute approximate surface area is 186 Å². The number of furan rings is 1. The molecule has 5 nitrogen and oxygen atoms in total. The minimum absolute atomic E-state index is 0.0800. The van der Waals surface area contributed by atoms with Crippen molar-refractivity contribution in [2.45, 2.75) is 38.7 Å². The molecule has 0 radical (unpaired) electrons. The number of hydrogen-bond donors (Lipinski definition) is 1. The Bertz CT molecular complexity index is 1080. The minimum Gasteiger partial charge on any atom is -0.467 e. The summed E-state index contributed by atoms with van der Waals surface area (Å²) in [5, 5.41) is 3.01. The van der Waals surface area contributed by atoms with E-state index in [0.29, 0.717) is 17.9 Å². The molecule has 4 rings (SSSR count). The first-order chi connectivity index (χ1) is 14.9. The molecule has 0 spiro atoms. The van der Waals surface area contributed by atoms with E-state index in [4.69, 9.17) is 4.42 Å². The van der Waals surface area contributed by atoms with Gasteiger partial charge in [0.15, 0.2) is 0 Å². The van der Waals surface area contributed by atoms with Gasteiger partial charge in [-0.15, -0.1) is 11.8 Å². The second-order valence-electron chi connectivity index (χ2n) is 7.94. The summed E-state index contributed by atoms with van der Waals surface area (Å²) in [5.74, 6) is 1.19. The maximum absolute atomic E-state index is 12.8. The van der Waals surface area contributed by atoms with Crippen LogP contribution in [0.2, 0.25) is 0 Å². The van der Waals surface area contributed by atoms with Crippen LogP contribution in [0.3, 0.4) is 0 Å². The number of nitrogens with zero attached hydrogens (tertiary/aromatic N) is 1. The van der Waals surface area contributed by atoms with Gasteiger partial charge in [-0.1, -0.05) is 35.9 Å². The minimum atomic E-state index is -0.109. The van der Waals surface area contributed by atoms with E-state index in [2.05, 4.69) is 37.4 Å². The Morgan fingerprint density at radius 2 is 1.97 bits per heavy atom. The highest BCUT2D eigenvalue weighted by atomic mass is 32.2. The normalized spacial score (nSPS) is 17.1. The molecule has 2 heterocycles. The first-order valence-corrected chi connectivity index (χ1v) is 11.4. The monoisotopic (exact) mass is 434 g/mol. The number of thioether (sulfide) groups is 1. The van der Waals surface area contributed by atoms with E-state index in [1.54, 1.807) is 18.0 Å². The lowest BCUT2D eigenvalue weighted by Crippen LogP contribution is -2.28. The highest BCUT2D eigenvalue weighted by Crippen LogP contribution is 2.39. The predicted octanol–water partition coefficient (Wildman–Crippen LogP) is 5.16. The number of carbonyl (C=O) groups is 2. The standard InChI is InChI=1S/C25H26N2O3S/c1-16-6-7-17(2)22(13-16)18(3)26-24(29)19-8-10-20(11-9-19)25-27(23(28)15-31-25)14-21-5-4-12-30-21/h4-13,18,25H,14-15H2,1-3H3,(H,26,29)/t18-,25-/m1/s1. The smallest absolute Gasteiger partial charge is 0.251 e. The van der Waals surface area contributed by atoms with E-state index in [-0.39, 0.29) is 23.2 Å². The Balaban J connectivity index is 1.45. The molecule has 1 aromatic heterocycles. The second-order valence-corrected chi connectivity index (χ2v) is 9.01. The molecule has 1 N–H and O–H groups in total. The van der Waals surface area contributed by atoms with Gasteiger partial charge in [-0.2, -0.15) is 0 Å². The van der Waals surface area contributed by atoms with Crippen LogP contribution in [0.5, 0.6) is 0 Å². The molecular formula is C25H26N2O3S. The van der Waals surface area contributed by atoms with Crippen LogP contribution in [0.4, 0.5) is 0 Å². The zero-order valence-corrected chi connectivity index (χ0v) is 18.7.